The number of nitrogens with one attached hydrogen (secondary N) is 3. The molecule has 9 heteroatoms. The summed E-state index contributed by atoms with van der Waals surface area (Å²) in [7, 11) is 0. The average molecular weight is 650 g/mol. The molecule has 0 aliphatic rings. The Bertz CT molecular complexity index is 1870. The van der Waals surface area contributed by atoms with Gasteiger partial charge < -0.3 is 16.0 Å². The van der Waals surface area contributed by atoms with E-state index >= 15 is 0 Å². The van der Waals surface area contributed by atoms with Crippen LogP contribution >= 0.6 is 23.4 Å². The molecule has 3 amide bonds. The lowest BCUT2D eigenvalue weighted by atomic mass is 10.1. The maximum atomic E-state index is 13.5. The molecule has 0 bridgehead atoms. The van der Waals surface area contributed by atoms with E-state index in [1.165, 1.54) is 42.1 Å². The van der Waals surface area contributed by atoms with Gasteiger partial charge >= 0.3 is 0 Å². The summed E-state index contributed by atoms with van der Waals surface area (Å²) in [5, 5.41) is 8.48. The van der Waals surface area contributed by atoms with Crippen molar-refractivity contribution >= 4 is 58.5 Å². The van der Waals surface area contributed by atoms with Crippen molar-refractivity contribution in [2.24, 2.45) is 0 Å². The standard InChI is InChI=1S/C37H29ClFN3O3S/c1-24-31(38)13-8-14-32(24)41-37(45)34(26-9-4-2-5-10-26)46-30-21-19-29(20-22-30)40-36(44)33(23-25-15-17-28(39)18-16-25)42-35(43)27-11-6-3-7-12-27/h2-23,34H,1H3,(H,40,44)(H,41,45)(H,42,43)/b33-23-. The molecule has 0 fully saturated rings. The van der Waals surface area contributed by atoms with Crippen LogP contribution in [-0.4, -0.2) is 17.7 Å². The lowest BCUT2D eigenvalue weighted by molar-refractivity contribution is -0.116. The van der Waals surface area contributed by atoms with E-state index in [0.717, 1.165) is 16.0 Å². The zero-order chi connectivity index (χ0) is 32.5. The third-order valence-electron chi connectivity index (χ3n) is 6.94. The van der Waals surface area contributed by atoms with E-state index in [2.05, 4.69) is 16.0 Å². The van der Waals surface area contributed by atoms with Gasteiger partial charge in [-0.15, -0.1) is 11.8 Å². The molecule has 1 unspecified atom stereocenters. The Kier molecular flexibility index (Phi) is 10.7. The molecule has 230 valence electrons. The maximum Gasteiger partial charge on any atom is 0.272 e. The number of carbonyl (C=O) groups excluding carboxylic acids is 3. The summed E-state index contributed by atoms with van der Waals surface area (Å²) >= 11 is 7.63. The van der Waals surface area contributed by atoms with Gasteiger partial charge in [0.1, 0.15) is 16.8 Å². The molecule has 6 nitrogen and oxygen atoms in total. The van der Waals surface area contributed by atoms with Crippen LogP contribution in [0.25, 0.3) is 6.08 Å². The number of hydrogen-bond acceptors (Lipinski definition) is 4. The molecule has 0 saturated heterocycles. The first-order chi connectivity index (χ1) is 22.3. The van der Waals surface area contributed by atoms with Crippen molar-refractivity contribution in [2.45, 2.75) is 17.1 Å². The number of carbonyl (C=O) groups is 3. The second kappa shape index (κ2) is 15.2. The summed E-state index contributed by atoms with van der Waals surface area (Å²) in [6, 6.07) is 35.9. The van der Waals surface area contributed by atoms with Crippen LogP contribution < -0.4 is 16.0 Å². The smallest absolute Gasteiger partial charge is 0.272 e. The molecule has 0 saturated carbocycles. The molecule has 1 atom stereocenters. The van der Waals surface area contributed by atoms with E-state index < -0.39 is 22.9 Å². The summed E-state index contributed by atoms with van der Waals surface area (Å²) in [6.45, 7) is 1.85. The Morgan fingerprint density at radius 2 is 1.41 bits per heavy atom. The van der Waals surface area contributed by atoms with E-state index in [4.69, 9.17) is 11.6 Å². The van der Waals surface area contributed by atoms with Gasteiger partial charge in [-0.3, -0.25) is 14.4 Å². The third kappa shape index (κ3) is 8.50. The Balaban J connectivity index is 1.33. The quantitative estimate of drug-likeness (QED) is 0.104. The number of anilines is 2. The first-order valence-electron chi connectivity index (χ1n) is 14.3. The Morgan fingerprint density at radius 1 is 0.761 bits per heavy atom. The first-order valence-corrected chi connectivity index (χ1v) is 15.6. The molecule has 5 aromatic rings. The van der Waals surface area contributed by atoms with E-state index in [0.29, 0.717) is 27.5 Å². The predicted octanol–water partition coefficient (Wildman–Crippen LogP) is 8.67. The van der Waals surface area contributed by atoms with Crippen LogP contribution in [0.15, 0.2) is 138 Å². The van der Waals surface area contributed by atoms with E-state index in [1.807, 2.05) is 43.3 Å². The molecule has 3 N–H and O–H groups in total. The van der Waals surface area contributed by atoms with Crippen molar-refractivity contribution in [3.63, 3.8) is 0 Å². The van der Waals surface area contributed by atoms with Crippen molar-refractivity contribution in [3.8, 4) is 0 Å². The fraction of sp³-hybridized carbons (Fsp3) is 0.0541. The van der Waals surface area contributed by atoms with Crippen LogP contribution in [-0.2, 0) is 9.59 Å². The van der Waals surface area contributed by atoms with Crippen molar-refractivity contribution in [2.75, 3.05) is 10.6 Å². The van der Waals surface area contributed by atoms with Gasteiger partial charge in [0.05, 0.1) is 0 Å². The number of halogens is 2. The molecular formula is C37H29ClFN3O3S. The van der Waals surface area contributed by atoms with Gasteiger partial charge in [-0.1, -0.05) is 78.3 Å². The molecule has 0 aliphatic heterocycles. The van der Waals surface area contributed by atoms with Crippen molar-refractivity contribution in [1.29, 1.82) is 0 Å². The van der Waals surface area contributed by atoms with Crippen molar-refractivity contribution in [1.82, 2.24) is 5.32 Å². The van der Waals surface area contributed by atoms with Gasteiger partial charge in [-0.2, -0.15) is 0 Å². The molecule has 5 rings (SSSR count). The topological polar surface area (TPSA) is 87.3 Å². The van der Waals surface area contributed by atoms with Crippen LogP contribution in [0.5, 0.6) is 0 Å². The largest absolute Gasteiger partial charge is 0.325 e. The summed E-state index contributed by atoms with van der Waals surface area (Å²) in [4.78, 5) is 40.6. The number of hydrogen-bond donors (Lipinski definition) is 3. The van der Waals surface area contributed by atoms with Gasteiger partial charge in [0.15, 0.2) is 0 Å². The second-order valence-electron chi connectivity index (χ2n) is 10.2. The number of thioether (sulfide) groups is 1. The van der Waals surface area contributed by atoms with Gasteiger partial charge in [0, 0.05) is 26.9 Å². The van der Waals surface area contributed by atoms with Crippen LogP contribution in [0.3, 0.4) is 0 Å². The van der Waals surface area contributed by atoms with Gasteiger partial charge in [-0.05, 0) is 90.4 Å². The molecule has 0 aromatic heterocycles. The lowest BCUT2D eigenvalue weighted by Crippen LogP contribution is -2.30. The molecule has 0 spiro atoms. The highest BCUT2D eigenvalue weighted by atomic mass is 35.5. The number of rotatable bonds is 10. The molecular weight excluding hydrogens is 621 g/mol. The highest BCUT2D eigenvalue weighted by Crippen LogP contribution is 2.37. The molecule has 0 aliphatic carbocycles. The Hall–Kier alpha value is -5.18. The van der Waals surface area contributed by atoms with Crippen molar-refractivity contribution < 1.29 is 18.8 Å². The monoisotopic (exact) mass is 649 g/mol. The van der Waals surface area contributed by atoms with Gasteiger partial charge in [0.25, 0.3) is 11.8 Å². The van der Waals surface area contributed by atoms with Crippen molar-refractivity contribution in [3.05, 3.63) is 166 Å². The SMILES string of the molecule is Cc1c(Cl)cccc1NC(=O)C(Sc1ccc(NC(=O)/C(=C/c2ccc(F)cc2)NC(=O)c2ccccc2)cc1)c1ccccc1. The van der Waals surface area contributed by atoms with Crippen LogP contribution in [0.4, 0.5) is 15.8 Å². The lowest BCUT2D eigenvalue weighted by Gasteiger charge is -2.18. The third-order valence-corrected chi connectivity index (χ3v) is 8.62. The Morgan fingerprint density at radius 3 is 2.09 bits per heavy atom. The summed E-state index contributed by atoms with van der Waals surface area (Å²) in [5.41, 5.74) is 3.61. The van der Waals surface area contributed by atoms with Gasteiger partial charge in [0.2, 0.25) is 5.91 Å². The van der Waals surface area contributed by atoms with Crippen LogP contribution in [0.1, 0.15) is 32.3 Å². The minimum Gasteiger partial charge on any atom is -0.325 e. The minimum atomic E-state index is -0.571. The second-order valence-corrected chi connectivity index (χ2v) is 11.8. The Labute approximate surface area is 275 Å². The zero-order valence-electron chi connectivity index (χ0n) is 24.7. The van der Waals surface area contributed by atoms with Crippen LogP contribution in [0.2, 0.25) is 5.02 Å². The summed E-state index contributed by atoms with van der Waals surface area (Å²) in [6.07, 6.45) is 1.48. The predicted molar refractivity (Wildman–Crippen MR) is 183 cm³/mol. The molecule has 0 heterocycles. The fourth-order valence-electron chi connectivity index (χ4n) is 4.46. The highest BCUT2D eigenvalue weighted by Gasteiger charge is 2.23. The normalized spacial score (nSPS) is 11.8. The summed E-state index contributed by atoms with van der Waals surface area (Å²) < 4.78 is 13.5. The minimum absolute atomic E-state index is 0.0176. The van der Waals surface area contributed by atoms with E-state index in [1.54, 1.807) is 66.7 Å². The average Bonchev–Trinajstić information content (AvgIpc) is 3.07. The highest BCUT2D eigenvalue weighted by molar-refractivity contribution is 8.00. The molecule has 5 aromatic carbocycles. The fourth-order valence-corrected chi connectivity index (χ4v) is 5.66. The molecule has 46 heavy (non-hydrogen) atoms. The summed E-state index contributed by atoms with van der Waals surface area (Å²) in [5.74, 6) is -1.65. The van der Waals surface area contributed by atoms with E-state index in [9.17, 15) is 18.8 Å². The number of amides is 3. The zero-order valence-corrected chi connectivity index (χ0v) is 26.2. The maximum absolute atomic E-state index is 13.5. The number of benzene rings is 5. The van der Waals surface area contributed by atoms with Gasteiger partial charge in [-0.25, -0.2) is 4.39 Å². The van der Waals surface area contributed by atoms with Crippen LogP contribution in [0, 0.1) is 12.7 Å². The first kappa shape index (κ1) is 32.2. The van der Waals surface area contributed by atoms with E-state index in [-0.39, 0.29) is 11.6 Å². The molecule has 0 radical (unpaired) electrons.